The lowest BCUT2D eigenvalue weighted by Crippen LogP contribution is -2.49. The van der Waals surface area contributed by atoms with Gasteiger partial charge in [-0.2, -0.15) is 0 Å². The largest absolute Gasteiger partial charge is 0.548 e. The molecule has 124 valence electrons. The Morgan fingerprint density at radius 1 is 1.08 bits per heavy atom. The Hall–Kier alpha value is -1.69. The van der Waals surface area contributed by atoms with E-state index >= 15 is 0 Å². The molecule has 1 aliphatic rings. The summed E-state index contributed by atoms with van der Waals surface area (Å²) in [6.45, 7) is 0. The summed E-state index contributed by atoms with van der Waals surface area (Å²) in [4.78, 5) is 25.7. The number of carboxylic acid groups (broad SMARTS) is 1. The standard InChI is InChI=1S/C17H13Cl2NO3S/c18-11-7-5-10(6-8-11)15(21)20-14(17(22)23)9-24-16(20)12-3-1-2-4-13(12)19/h1-8,14,16H,9H2,(H,22,23)/p-1/t14-,16+/m1/s1. The third-order valence-corrected chi connectivity index (χ3v) is 5.67. The van der Waals surface area contributed by atoms with E-state index in [4.69, 9.17) is 23.2 Å². The van der Waals surface area contributed by atoms with Crippen molar-refractivity contribution in [1.82, 2.24) is 4.90 Å². The number of amides is 1. The van der Waals surface area contributed by atoms with E-state index in [1.807, 2.05) is 0 Å². The van der Waals surface area contributed by atoms with Crippen LogP contribution in [-0.4, -0.2) is 28.6 Å². The molecule has 7 heteroatoms. The quantitative estimate of drug-likeness (QED) is 0.820. The predicted molar refractivity (Wildman–Crippen MR) is 93.1 cm³/mol. The van der Waals surface area contributed by atoms with Crippen LogP contribution in [-0.2, 0) is 4.79 Å². The fourth-order valence-electron chi connectivity index (χ4n) is 2.59. The molecule has 2 aromatic rings. The van der Waals surface area contributed by atoms with Crippen molar-refractivity contribution in [2.75, 3.05) is 5.75 Å². The Morgan fingerprint density at radius 2 is 1.75 bits per heavy atom. The van der Waals surface area contributed by atoms with Gasteiger partial charge in [0.05, 0.1) is 12.0 Å². The van der Waals surface area contributed by atoms with Gasteiger partial charge in [-0.3, -0.25) is 4.79 Å². The van der Waals surface area contributed by atoms with Crippen molar-refractivity contribution in [1.29, 1.82) is 0 Å². The van der Waals surface area contributed by atoms with E-state index in [0.29, 0.717) is 21.2 Å². The zero-order valence-electron chi connectivity index (χ0n) is 12.3. The molecular formula is C17H12Cl2NO3S-. The average Bonchev–Trinajstić information content (AvgIpc) is 3.00. The number of halogens is 2. The van der Waals surface area contributed by atoms with Crippen molar-refractivity contribution < 1.29 is 14.7 Å². The zero-order valence-corrected chi connectivity index (χ0v) is 14.6. The maximum absolute atomic E-state index is 12.9. The van der Waals surface area contributed by atoms with Crippen LogP contribution in [0.1, 0.15) is 21.3 Å². The highest BCUT2D eigenvalue weighted by Gasteiger charge is 2.40. The van der Waals surface area contributed by atoms with Crippen molar-refractivity contribution in [2.45, 2.75) is 11.4 Å². The average molecular weight is 381 g/mol. The molecular weight excluding hydrogens is 369 g/mol. The van der Waals surface area contributed by atoms with Gasteiger partial charge in [0.2, 0.25) is 0 Å². The number of hydrogen-bond donors (Lipinski definition) is 0. The van der Waals surface area contributed by atoms with Crippen LogP contribution in [0.3, 0.4) is 0 Å². The van der Waals surface area contributed by atoms with E-state index < -0.39 is 23.3 Å². The molecule has 24 heavy (non-hydrogen) atoms. The molecule has 0 saturated carbocycles. The Kier molecular flexibility index (Phi) is 5.04. The molecule has 0 bridgehead atoms. The summed E-state index contributed by atoms with van der Waals surface area (Å²) >= 11 is 13.4. The molecule has 2 atom stereocenters. The van der Waals surface area contributed by atoms with Gasteiger partial charge >= 0.3 is 0 Å². The van der Waals surface area contributed by atoms with E-state index in [-0.39, 0.29) is 5.75 Å². The minimum absolute atomic E-state index is 0.248. The number of hydrogen-bond acceptors (Lipinski definition) is 4. The molecule has 0 aliphatic carbocycles. The third kappa shape index (κ3) is 3.24. The lowest BCUT2D eigenvalue weighted by atomic mass is 10.1. The third-order valence-electron chi connectivity index (χ3n) is 3.77. The van der Waals surface area contributed by atoms with Gasteiger partial charge in [-0.05, 0) is 30.3 Å². The van der Waals surface area contributed by atoms with Crippen molar-refractivity contribution in [3.8, 4) is 0 Å². The summed E-state index contributed by atoms with van der Waals surface area (Å²) in [7, 11) is 0. The van der Waals surface area contributed by atoms with E-state index in [1.54, 1.807) is 48.5 Å². The Labute approximate surface area is 153 Å². The van der Waals surface area contributed by atoms with Gasteiger partial charge in [-0.1, -0.05) is 41.4 Å². The number of rotatable bonds is 3. The highest BCUT2D eigenvalue weighted by atomic mass is 35.5. The molecule has 0 N–H and O–H groups in total. The first-order valence-corrected chi connectivity index (χ1v) is 8.94. The first-order chi connectivity index (χ1) is 11.5. The molecule has 1 saturated heterocycles. The normalized spacial score (nSPS) is 20.2. The van der Waals surface area contributed by atoms with Gasteiger partial charge in [-0.25, -0.2) is 0 Å². The van der Waals surface area contributed by atoms with Gasteiger partial charge in [0.1, 0.15) is 5.37 Å². The lowest BCUT2D eigenvalue weighted by molar-refractivity contribution is -0.310. The second-order valence-corrected chi connectivity index (χ2v) is 7.22. The first kappa shape index (κ1) is 17.1. The van der Waals surface area contributed by atoms with Crippen LogP contribution >= 0.6 is 35.0 Å². The summed E-state index contributed by atoms with van der Waals surface area (Å²) in [6, 6.07) is 12.4. The molecule has 3 rings (SSSR count). The molecule has 1 fully saturated rings. The molecule has 1 amide bonds. The highest BCUT2D eigenvalue weighted by Crippen LogP contribution is 2.44. The lowest BCUT2D eigenvalue weighted by Gasteiger charge is -2.30. The van der Waals surface area contributed by atoms with Gasteiger partial charge in [0, 0.05) is 26.9 Å². The van der Waals surface area contributed by atoms with Gasteiger partial charge < -0.3 is 14.8 Å². The number of thioether (sulfide) groups is 1. The van der Waals surface area contributed by atoms with Gasteiger partial charge in [0.25, 0.3) is 5.91 Å². The summed E-state index contributed by atoms with van der Waals surface area (Å²) in [5.41, 5.74) is 1.07. The molecule has 0 radical (unpaired) electrons. The smallest absolute Gasteiger partial charge is 0.255 e. The summed E-state index contributed by atoms with van der Waals surface area (Å²) < 4.78 is 0. The fraction of sp³-hybridized carbons (Fsp3) is 0.176. The molecule has 0 unspecified atom stereocenters. The fourth-order valence-corrected chi connectivity index (χ4v) is 4.47. The van der Waals surface area contributed by atoms with Crippen molar-refractivity contribution in [3.63, 3.8) is 0 Å². The number of carboxylic acids is 1. The summed E-state index contributed by atoms with van der Waals surface area (Å²) in [6.07, 6.45) is 0. The van der Waals surface area contributed by atoms with Gasteiger partial charge in [0.15, 0.2) is 0 Å². The molecule has 0 aromatic heterocycles. The van der Waals surface area contributed by atoms with Crippen molar-refractivity contribution >= 4 is 46.8 Å². The number of benzene rings is 2. The molecule has 1 aliphatic heterocycles. The Morgan fingerprint density at radius 3 is 2.38 bits per heavy atom. The Bertz CT molecular complexity index is 782. The van der Waals surface area contributed by atoms with Crippen LogP contribution in [0.15, 0.2) is 48.5 Å². The number of nitrogens with zero attached hydrogens (tertiary/aromatic N) is 1. The zero-order chi connectivity index (χ0) is 17.3. The summed E-state index contributed by atoms with van der Waals surface area (Å²) in [5.74, 6) is -1.42. The van der Waals surface area contributed by atoms with Crippen LogP contribution in [0.2, 0.25) is 10.0 Å². The molecule has 4 nitrogen and oxygen atoms in total. The second kappa shape index (κ2) is 7.05. The van der Waals surface area contributed by atoms with Crippen LogP contribution in [0.25, 0.3) is 0 Å². The summed E-state index contributed by atoms with van der Waals surface area (Å²) in [5, 5.41) is 12.0. The molecule has 2 aromatic carbocycles. The van der Waals surface area contributed by atoms with E-state index in [1.165, 1.54) is 16.7 Å². The van der Waals surface area contributed by atoms with Crippen LogP contribution in [0.5, 0.6) is 0 Å². The maximum atomic E-state index is 12.9. The minimum Gasteiger partial charge on any atom is -0.548 e. The Balaban J connectivity index is 2.01. The number of carbonyl (C=O) groups excluding carboxylic acids is 2. The molecule has 0 spiro atoms. The highest BCUT2D eigenvalue weighted by molar-refractivity contribution is 7.99. The predicted octanol–water partition coefficient (Wildman–Crippen LogP) is 3.00. The monoisotopic (exact) mass is 380 g/mol. The first-order valence-electron chi connectivity index (χ1n) is 7.14. The van der Waals surface area contributed by atoms with Crippen LogP contribution < -0.4 is 5.11 Å². The number of aliphatic carboxylic acids is 1. The van der Waals surface area contributed by atoms with Crippen LogP contribution in [0, 0.1) is 0 Å². The molecule has 1 heterocycles. The van der Waals surface area contributed by atoms with E-state index in [2.05, 4.69) is 0 Å². The van der Waals surface area contributed by atoms with E-state index in [0.717, 1.165) is 0 Å². The van der Waals surface area contributed by atoms with E-state index in [9.17, 15) is 14.7 Å². The van der Waals surface area contributed by atoms with Crippen molar-refractivity contribution in [2.24, 2.45) is 0 Å². The minimum atomic E-state index is -1.28. The van der Waals surface area contributed by atoms with Gasteiger partial charge in [-0.15, -0.1) is 11.8 Å². The van der Waals surface area contributed by atoms with Crippen LogP contribution in [0.4, 0.5) is 0 Å². The SMILES string of the molecule is O=C([O-])[C@H]1CS[C@@H](c2ccccc2Cl)N1C(=O)c1ccc(Cl)cc1. The topological polar surface area (TPSA) is 60.4 Å². The number of carbonyl (C=O) groups is 2. The second-order valence-electron chi connectivity index (χ2n) is 5.26. The maximum Gasteiger partial charge on any atom is 0.255 e. The van der Waals surface area contributed by atoms with Crippen molar-refractivity contribution in [3.05, 3.63) is 69.7 Å².